The van der Waals surface area contributed by atoms with Crippen molar-refractivity contribution in [3.8, 4) is 0 Å². The van der Waals surface area contributed by atoms with Crippen LogP contribution in [-0.2, 0) is 14.3 Å². The van der Waals surface area contributed by atoms with E-state index in [4.69, 9.17) is 9.47 Å². The van der Waals surface area contributed by atoms with Crippen molar-refractivity contribution in [2.45, 2.75) is 377 Å². The van der Waals surface area contributed by atoms with Crippen molar-refractivity contribution in [3.05, 3.63) is 36.5 Å². The standard InChI is InChI=1S/C68H129NO10/c1-3-5-7-9-11-13-15-17-19-21-23-25-27-29-30-31-32-34-35-37-39-41-43-45-47-49-51-53-55-60(71)63(73)59(58-78-68-66(76)65(75)64(74)62(57-70)79-68)69-67(77)61(72)56-54-52-50-48-46-44-42-40-38-36-33-28-26-24-22-20-18-16-14-12-10-8-6-4-2/h32,34,39,41,47,49,59-66,68,70-76H,3-31,33,35-38,40,42-46,48,50-58H2,1-2H3,(H,69,77)/b34-32+,41-39+,49-47+. The number of hydrogen-bond acceptors (Lipinski definition) is 10. The van der Waals surface area contributed by atoms with E-state index in [1.807, 2.05) is 0 Å². The van der Waals surface area contributed by atoms with Crippen molar-refractivity contribution in [1.29, 1.82) is 0 Å². The molecule has 0 aromatic rings. The summed E-state index contributed by atoms with van der Waals surface area (Å²) in [5.74, 6) is -0.707. The molecule has 1 rings (SSSR count). The first-order valence-electron chi connectivity index (χ1n) is 33.9. The highest BCUT2D eigenvalue weighted by Crippen LogP contribution is 2.24. The van der Waals surface area contributed by atoms with Gasteiger partial charge in [-0.2, -0.15) is 0 Å². The summed E-state index contributed by atoms with van der Waals surface area (Å²) in [5.41, 5.74) is 0. The predicted molar refractivity (Wildman–Crippen MR) is 330 cm³/mol. The van der Waals surface area contributed by atoms with E-state index < -0.39 is 74.2 Å². The summed E-state index contributed by atoms with van der Waals surface area (Å²) in [6, 6.07) is -1.19. The summed E-state index contributed by atoms with van der Waals surface area (Å²) < 4.78 is 11.2. The van der Waals surface area contributed by atoms with Gasteiger partial charge in [-0.25, -0.2) is 0 Å². The molecule has 9 atom stereocenters. The molecule has 1 saturated heterocycles. The zero-order valence-corrected chi connectivity index (χ0v) is 51.4. The molecule has 0 spiro atoms. The van der Waals surface area contributed by atoms with Crippen molar-refractivity contribution < 1.29 is 50.0 Å². The fraction of sp³-hybridized carbons (Fsp3) is 0.897. The maximum Gasteiger partial charge on any atom is 0.249 e. The lowest BCUT2D eigenvalue weighted by molar-refractivity contribution is -0.303. The van der Waals surface area contributed by atoms with Crippen LogP contribution in [-0.4, -0.2) is 110 Å². The van der Waals surface area contributed by atoms with Gasteiger partial charge in [0.15, 0.2) is 6.29 Å². The summed E-state index contributed by atoms with van der Waals surface area (Å²) in [5, 5.41) is 76.4. The Hall–Kier alpha value is -1.67. The molecule has 0 aromatic carbocycles. The van der Waals surface area contributed by atoms with Gasteiger partial charge in [0.25, 0.3) is 0 Å². The minimum absolute atomic E-state index is 0.243. The molecule has 1 heterocycles. The Bertz CT molecular complexity index is 1380. The molecule has 466 valence electrons. The van der Waals surface area contributed by atoms with Crippen LogP contribution in [0.15, 0.2) is 36.5 Å². The number of carbonyl (C=O) groups excluding carboxylic acids is 1. The summed E-state index contributed by atoms with van der Waals surface area (Å²) in [4.78, 5) is 13.2. The number of hydrogen-bond donors (Lipinski definition) is 8. The third-order valence-electron chi connectivity index (χ3n) is 16.4. The number of allylic oxidation sites excluding steroid dienone is 6. The predicted octanol–water partition coefficient (Wildman–Crippen LogP) is 15.8. The molecule has 9 unspecified atom stereocenters. The summed E-state index contributed by atoms with van der Waals surface area (Å²) >= 11 is 0. The lowest BCUT2D eigenvalue weighted by atomic mass is 9.98. The fourth-order valence-corrected chi connectivity index (χ4v) is 10.9. The van der Waals surface area contributed by atoms with Gasteiger partial charge in [0.2, 0.25) is 5.91 Å². The molecular formula is C68H129NO10. The van der Waals surface area contributed by atoms with E-state index in [0.29, 0.717) is 19.3 Å². The number of nitrogens with one attached hydrogen (secondary N) is 1. The van der Waals surface area contributed by atoms with Gasteiger partial charge in [-0.1, -0.05) is 294 Å². The molecule has 0 radical (unpaired) electrons. The van der Waals surface area contributed by atoms with Crippen LogP contribution in [0, 0.1) is 0 Å². The van der Waals surface area contributed by atoms with Crippen LogP contribution in [0.3, 0.4) is 0 Å². The summed E-state index contributed by atoms with van der Waals surface area (Å²) in [6.07, 6.45) is 60.8. The van der Waals surface area contributed by atoms with Crippen molar-refractivity contribution in [2.75, 3.05) is 13.2 Å². The number of aliphatic hydroxyl groups is 7. The minimum Gasteiger partial charge on any atom is -0.394 e. The van der Waals surface area contributed by atoms with Crippen molar-refractivity contribution in [3.63, 3.8) is 0 Å². The van der Waals surface area contributed by atoms with E-state index in [-0.39, 0.29) is 12.8 Å². The third kappa shape index (κ3) is 44.5. The second-order valence-electron chi connectivity index (χ2n) is 23.9. The highest BCUT2D eigenvalue weighted by molar-refractivity contribution is 5.80. The maximum absolute atomic E-state index is 13.2. The molecule has 79 heavy (non-hydrogen) atoms. The molecule has 0 aromatic heterocycles. The van der Waals surface area contributed by atoms with E-state index in [1.54, 1.807) is 0 Å². The Morgan fingerprint density at radius 2 is 0.759 bits per heavy atom. The van der Waals surface area contributed by atoms with Crippen LogP contribution in [0.1, 0.15) is 322 Å². The van der Waals surface area contributed by atoms with Gasteiger partial charge >= 0.3 is 0 Å². The SMILES string of the molecule is CCCCCCCCCCCCCCCCC/C=C/CC/C=C/CC/C=C/CCCC(O)C(O)C(COC1OC(CO)C(O)C(O)C1O)NC(=O)C(O)CCCCCCCCCCCCCCCCCCCCCCCCCC. The van der Waals surface area contributed by atoms with Crippen LogP contribution < -0.4 is 5.32 Å². The lowest BCUT2D eigenvalue weighted by Gasteiger charge is -2.40. The van der Waals surface area contributed by atoms with Crippen LogP contribution in [0.2, 0.25) is 0 Å². The Morgan fingerprint density at radius 3 is 1.13 bits per heavy atom. The van der Waals surface area contributed by atoms with Crippen LogP contribution in [0.25, 0.3) is 0 Å². The van der Waals surface area contributed by atoms with Crippen LogP contribution in [0.4, 0.5) is 0 Å². The Balaban J connectivity index is 2.26. The second kappa shape index (κ2) is 56.8. The maximum atomic E-state index is 13.2. The molecule has 1 fully saturated rings. The molecule has 0 aliphatic carbocycles. The number of amides is 1. The number of carbonyl (C=O) groups is 1. The molecule has 11 heteroatoms. The second-order valence-corrected chi connectivity index (χ2v) is 23.9. The molecule has 1 aliphatic rings. The Labute approximate surface area is 486 Å². The van der Waals surface area contributed by atoms with Gasteiger partial charge in [0, 0.05) is 0 Å². The minimum atomic E-state index is -1.67. The van der Waals surface area contributed by atoms with E-state index in [0.717, 1.165) is 44.9 Å². The fourth-order valence-electron chi connectivity index (χ4n) is 10.9. The van der Waals surface area contributed by atoms with Crippen molar-refractivity contribution >= 4 is 5.91 Å². The third-order valence-corrected chi connectivity index (χ3v) is 16.4. The topological polar surface area (TPSA) is 189 Å². The van der Waals surface area contributed by atoms with E-state index in [1.165, 1.54) is 231 Å². The normalized spacial score (nSPS) is 19.5. The van der Waals surface area contributed by atoms with Gasteiger partial charge < -0.3 is 50.5 Å². The molecule has 0 bridgehead atoms. The first-order chi connectivity index (χ1) is 38.7. The molecule has 0 saturated carbocycles. The molecule has 8 N–H and O–H groups in total. The van der Waals surface area contributed by atoms with Crippen LogP contribution >= 0.6 is 0 Å². The highest BCUT2D eigenvalue weighted by atomic mass is 16.7. The van der Waals surface area contributed by atoms with Gasteiger partial charge in [0.1, 0.15) is 36.6 Å². The smallest absolute Gasteiger partial charge is 0.249 e. The van der Waals surface area contributed by atoms with E-state index >= 15 is 0 Å². The molecule has 1 amide bonds. The summed E-state index contributed by atoms with van der Waals surface area (Å²) in [7, 11) is 0. The van der Waals surface area contributed by atoms with Gasteiger partial charge in [-0.3, -0.25) is 4.79 Å². The Morgan fingerprint density at radius 1 is 0.430 bits per heavy atom. The largest absolute Gasteiger partial charge is 0.394 e. The van der Waals surface area contributed by atoms with Crippen molar-refractivity contribution in [1.82, 2.24) is 5.32 Å². The first-order valence-corrected chi connectivity index (χ1v) is 33.9. The van der Waals surface area contributed by atoms with E-state index in [9.17, 15) is 40.5 Å². The van der Waals surface area contributed by atoms with Gasteiger partial charge in [-0.15, -0.1) is 0 Å². The number of aliphatic hydroxyl groups excluding tert-OH is 7. The van der Waals surface area contributed by atoms with Gasteiger partial charge in [0.05, 0.1) is 25.4 Å². The number of unbranched alkanes of at least 4 members (excludes halogenated alkanes) is 41. The molecule has 11 nitrogen and oxygen atoms in total. The lowest BCUT2D eigenvalue weighted by Crippen LogP contribution is -2.60. The average molecular weight is 1120 g/mol. The number of rotatable bonds is 59. The quantitative estimate of drug-likeness (QED) is 0.0215. The average Bonchev–Trinajstić information content (AvgIpc) is 3.46. The summed E-state index contributed by atoms with van der Waals surface area (Å²) in [6.45, 7) is 3.49. The van der Waals surface area contributed by atoms with Gasteiger partial charge in [-0.05, 0) is 64.2 Å². The Kier molecular flexibility index (Phi) is 54.2. The molecule has 1 aliphatic heterocycles. The first kappa shape index (κ1) is 75.3. The zero-order chi connectivity index (χ0) is 57.5. The van der Waals surface area contributed by atoms with Crippen molar-refractivity contribution in [2.24, 2.45) is 0 Å². The number of ether oxygens (including phenoxy) is 2. The van der Waals surface area contributed by atoms with Crippen LogP contribution in [0.5, 0.6) is 0 Å². The highest BCUT2D eigenvalue weighted by Gasteiger charge is 2.44. The monoisotopic (exact) mass is 1120 g/mol. The van der Waals surface area contributed by atoms with E-state index in [2.05, 4.69) is 55.6 Å². The zero-order valence-electron chi connectivity index (χ0n) is 51.4. The molecular weight excluding hydrogens is 991 g/mol.